The van der Waals surface area contributed by atoms with E-state index in [9.17, 15) is 19.6 Å². The smallest absolute Gasteiger partial charge is 0.246 e. The zero-order valence-electron chi connectivity index (χ0n) is 21.5. The molecule has 5 atom stereocenters. The van der Waals surface area contributed by atoms with Crippen molar-refractivity contribution in [1.29, 1.82) is 5.26 Å². The van der Waals surface area contributed by atoms with Crippen molar-refractivity contribution < 1.29 is 14.4 Å². The molecule has 1 aliphatic carbocycles. The standard InChI is InChI=1S/C26H33N7O3/c1-14(34)31-22(25(2,3)4)24(36)33-13-18-20(26(18,5)6)21(33)23(35)32-19(8-27)16-7-15(9-28-10-16)17-11-29-30-12-17/h7,9-12,18-22H,13H2,1-6H3,(H,29,30)(H,31,34)(H,32,35)/t18-,19?,20-,21-,22+/m0/s1. The molecule has 1 aliphatic heterocycles. The minimum absolute atomic E-state index is 0.0193. The number of carbonyl (C=O) groups excluding carboxylic acids is 3. The number of aromatic amines is 1. The van der Waals surface area contributed by atoms with Crippen molar-refractivity contribution in [3.8, 4) is 17.2 Å². The Bertz CT molecular complexity index is 1210. The Morgan fingerprint density at radius 3 is 2.50 bits per heavy atom. The van der Waals surface area contributed by atoms with Gasteiger partial charge in [0.05, 0.1) is 12.3 Å². The minimum Gasteiger partial charge on any atom is -0.344 e. The summed E-state index contributed by atoms with van der Waals surface area (Å²) in [7, 11) is 0. The molecule has 4 rings (SSSR count). The number of carbonyl (C=O) groups is 3. The molecule has 1 unspecified atom stereocenters. The lowest BCUT2D eigenvalue weighted by molar-refractivity contribution is -0.145. The van der Waals surface area contributed by atoms with Crippen LogP contribution >= 0.6 is 0 Å². The predicted octanol–water partition coefficient (Wildman–Crippen LogP) is 2.19. The van der Waals surface area contributed by atoms with Gasteiger partial charge in [0.2, 0.25) is 17.7 Å². The highest BCUT2D eigenvalue weighted by Crippen LogP contribution is 2.65. The minimum atomic E-state index is -0.941. The summed E-state index contributed by atoms with van der Waals surface area (Å²) < 4.78 is 0. The summed E-state index contributed by atoms with van der Waals surface area (Å²) >= 11 is 0. The molecule has 2 fully saturated rings. The van der Waals surface area contributed by atoms with Gasteiger partial charge in [-0.05, 0) is 28.7 Å². The van der Waals surface area contributed by atoms with Gasteiger partial charge in [0.25, 0.3) is 0 Å². The maximum Gasteiger partial charge on any atom is 0.246 e. The highest BCUT2D eigenvalue weighted by molar-refractivity contribution is 5.94. The molecule has 0 aromatic carbocycles. The highest BCUT2D eigenvalue weighted by atomic mass is 16.2. The first kappa shape index (κ1) is 25.4. The Morgan fingerprint density at radius 2 is 1.92 bits per heavy atom. The molecule has 2 aromatic rings. The zero-order chi connectivity index (χ0) is 26.4. The van der Waals surface area contributed by atoms with Crippen molar-refractivity contribution in [2.75, 3.05) is 6.54 Å². The van der Waals surface area contributed by atoms with Crippen molar-refractivity contribution in [3.63, 3.8) is 0 Å². The van der Waals surface area contributed by atoms with E-state index in [1.165, 1.54) is 6.92 Å². The third-order valence-corrected chi connectivity index (χ3v) is 7.56. The van der Waals surface area contributed by atoms with Gasteiger partial charge in [0.15, 0.2) is 0 Å². The lowest BCUT2D eigenvalue weighted by atomic mass is 9.85. The van der Waals surface area contributed by atoms with Crippen LogP contribution in [0, 0.1) is 34.0 Å². The summed E-state index contributed by atoms with van der Waals surface area (Å²) in [6, 6.07) is 1.51. The molecule has 10 nitrogen and oxygen atoms in total. The number of aromatic nitrogens is 3. The molecule has 10 heteroatoms. The second-order valence-electron chi connectivity index (χ2n) is 11.5. The van der Waals surface area contributed by atoms with Gasteiger partial charge < -0.3 is 15.5 Å². The lowest BCUT2D eigenvalue weighted by Crippen LogP contribution is -2.59. The van der Waals surface area contributed by atoms with E-state index < -0.39 is 23.5 Å². The van der Waals surface area contributed by atoms with Crippen LogP contribution in [0.3, 0.4) is 0 Å². The fourth-order valence-corrected chi connectivity index (χ4v) is 5.43. The first-order valence-electron chi connectivity index (χ1n) is 12.1. The van der Waals surface area contributed by atoms with Crippen molar-refractivity contribution in [3.05, 3.63) is 36.4 Å². The number of nitrogens with zero attached hydrogens (tertiary/aromatic N) is 4. The van der Waals surface area contributed by atoms with Gasteiger partial charge in [0, 0.05) is 48.7 Å². The maximum absolute atomic E-state index is 13.7. The van der Waals surface area contributed by atoms with Crippen LogP contribution in [0.2, 0.25) is 0 Å². The molecular weight excluding hydrogens is 458 g/mol. The number of pyridine rings is 1. The topological polar surface area (TPSA) is 144 Å². The van der Waals surface area contributed by atoms with E-state index in [1.54, 1.807) is 35.8 Å². The fraction of sp³-hybridized carbons (Fsp3) is 0.538. The van der Waals surface area contributed by atoms with E-state index in [-0.39, 0.29) is 35.0 Å². The van der Waals surface area contributed by atoms with Gasteiger partial charge in [-0.15, -0.1) is 0 Å². The van der Waals surface area contributed by atoms with Crippen molar-refractivity contribution in [2.24, 2.45) is 22.7 Å². The number of rotatable bonds is 6. The van der Waals surface area contributed by atoms with Gasteiger partial charge in [-0.2, -0.15) is 10.4 Å². The normalized spacial score (nSPS) is 23.7. The number of nitriles is 1. The number of H-pyrrole nitrogens is 1. The molecule has 1 saturated heterocycles. The summed E-state index contributed by atoms with van der Waals surface area (Å²) in [6.45, 7) is 11.7. The summed E-state index contributed by atoms with van der Waals surface area (Å²) in [5.41, 5.74) is 1.49. The SMILES string of the molecule is CC(=O)N[C@H](C(=O)N1C[C@H]2[C@@H]([C@H]1C(=O)NC(C#N)c1cncc(-c3cn[nH]c3)c1)C2(C)C)C(C)(C)C. The molecule has 36 heavy (non-hydrogen) atoms. The Labute approximate surface area is 210 Å². The van der Waals surface area contributed by atoms with Crippen LogP contribution in [-0.2, 0) is 14.4 Å². The predicted molar refractivity (Wildman–Crippen MR) is 132 cm³/mol. The molecule has 0 spiro atoms. The van der Waals surface area contributed by atoms with E-state index in [1.807, 2.05) is 20.8 Å². The largest absolute Gasteiger partial charge is 0.344 e. The van der Waals surface area contributed by atoms with Crippen molar-refractivity contribution >= 4 is 17.7 Å². The van der Waals surface area contributed by atoms with Crippen molar-refractivity contribution in [1.82, 2.24) is 30.7 Å². The van der Waals surface area contributed by atoms with E-state index in [2.05, 4.69) is 45.7 Å². The third-order valence-electron chi connectivity index (χ3n) is 7.56. The van der Waals surface area contributed by atoms with Crippen LogP contribution in [-0.4, -0.2) is 56.4 Å². The van der Waals surface area contributed by atoms with Crippen LogP contribution < -0.4 is 10.6 Å². The van der Waals surface area contributed by atoms with Gasteiger partial charge in [-0.1, -0.05) is 34.6 Å². The summed E-state index contributed by atoms with van der Waals surface area (Å²) in [6.07, 6.45) is 6.58. The van der Waals surface area contributed by atoms with Gasteiger partial charge in [-0.25, -0.2) is 0 Å². The van der Waals surface area contributed by atoms with Crippen molar-refractivity contribution in [2.45, 2.75) is 59.7 Å². The fourth-order valence-electron chi connectivity index (χ4n) is 5.43. The number of fused-ring (bicyclic) bond motifs is 1. The monoisotopic (exact) mass is 491 g/mol. The van der Waals surface area contributed by atoms with Crippen LogP contribution in [0.1, 0.15) is 53.1 Å². The van der Waals surface area contributed by atoms with Crippen LogP contribution in [0.4, 0.5) is 0 Å². The molecule has 3 N–H and O–H groups in total. The second kappa shape index (κ2) is 9.04. The number of hydrogen-bond donors (Lipinski definition) is 3. The molecule has 0 radical (unpaired) electrons. The molecule has 1 saturated carbocycles. The lowest BCUT2D eigenvalue weighted by Gasteiger charge is -2.37. The van der Waals surface area contributed by atoms with Crippen LogP contribution in [0.15, 0.2) is 30.9 Å². The highest BCUT2D eigenvalue weighted by Gasteiger charge is 2.69. The first-order chi connectivity index (χ1) is 16.9. The Hall–Kier alpha value is -3.74. The molecule has 2 aromatic heterocycles. The van der Waals surface area contributed by atoms with E-state index in [0.29, 0.717) is 12.1 Å². The average molecular weight is 492 g/mol. The molecular formula is C26H33N7O3. The molecule has 3 heterocycles. The Balaban J connectivity index is 1.59. The Morgan fingerprint density at radius 1 is 1.19 bits per heavy atom. The second-order valence-corrected chi connectivity index (χ2v) is 11.5. The number of hydrogen-bond acceptors (Lipinski definition) is 6. The Kier molecular flexibility index (Phi) is 6.37. The maximum atomic E-state index is 13.7. The zero-order valence-corrected chi connectivity index (χ0v) is 21.5. The van der Waals surface area contributed by atoms with Gasteiger partial charge >= 0.3 is 0 Å². The summed E-state index contributed by atoms with van der Waals surface area (Å²) in [4.78, 5) is 45.0. The van der Waals surface area contributed by atoms with E-state index in [0.717, 1.165) is 11.1 Å². The van der Waals surface area contributed by atoms with E-state index >= 15 is 0 Å². The number of nitrogens with one attached hydrogen (secondary N) is 3. The van der Waals surface area contributed by atoms with Gasteiger partial charge in [0.1, 0.15) is 18.1 Å². The quantitative estimate of drug-likeness (QED) is 0.565. The number of likely N-dealkylation sites (tertiary alicyclic amines) is 1. The van der Waals surface area contributed by atoms with E-state index in [4.69, 9.17) is 0 Å². The van der Waals surface area contributed by atoms with Gasteiger partial charge in [-0.3, -0.25) is 24.5 Å². The summed E-state index contributed by atoms with van der Waals surface area (Å²) in [5.74, 6) is -0.797. The molecule has 2 aliphatic rings. The number of amides is 3. The third kappa shape index (κ3) is 4.57. The molecule has 190 valence electrons. The first-order valence-corrected chi connectivity index (χ1v) is 12.1. The summed E-state index contributed by atoms with van der Waals surface area (Å²) in [5, 5.41) is 22.2. The van der Waals surface area contributed by atoms with Crippen LogP contribution in [0.5, 0.6) is 0 Å². The molecule has 0 bridgehead atoms. The average Bonchev–Trinajstić information content (AvgIpc) is 3.27. The molecule has 3 amide bonds. The number of piperidine rings is 1. The van der Waals surface area contributed by atoms with Crippen LogP contribution in [0.25, 0.3) is 11.1 Å².